The Hall–Kier alpha value is -2.80. The third-order valence-electron chi connectivity index (χ3n) is 4.12. The molecule has 0 fully saturated rings. The Bertz CT molecular complexity index is 938. The quantitative estimate of drug-likeness (QED) is 0.687. The number of hydrogen-bond donors (Lipinski definition) is 1. The second-order valence-corrected chi connectivity index (χ2v) is 7.00. The maximum absolute atomic E-state index is 12.8. The molecule has 1 amide bonds. The molecule has 2 aromatic carbocycles. The average Bonchev–Trinajstić information content (AvgIpc) is 2.69. The molecule has 2 aromatic rings. The molecule has 3 rings (SSSR count). The molecule has 0 atom stereocenters. The molecule has 1 aliphatic heterocycles. The highest BCUT2D eigenvalue weighted by Gasteiger charge is 2.23. The van der Waals surface area contributed by atoms with Crippen LogP contribution in [0.4, 0.5) is 0 Å². The number of methoxy groups -OCH3 is 1. The van der Waals surface area contributed by atoms with E-state index in [-0.39, 0.29) is 24.9 Å². The van der Waals surface area contributed by atoms with Crippen LogP contribution in [-0.4, -0.2) is 38.6 Å². The molecular weight excluding hydrogens is 426 g/mol. The Morgan fingerprint density at radius 1 is 1.25 bits per heavy atom. The lowest BCUT2D eigenvalue weighted by atomic mass is 9.98. The first kappa shape index (κ1) is 19.9. The number of amides is 1. The van der Waals surface area contributed by atoms with Gasteiger partial charge in [-0.2, -0.15) is 0 Å². The number of Topliss-reactive ketones (excluding diaryl/α,β-unsaturated/α-hetero) is 1. The Morgan fingerprint density at radius 2 is 2.07 bits per heavy atom. The van der Waals surface area contributed by atoms with E-state index in [0.717, 1.165) is 10.0 Å². The number of likely N-dealkylation sites (N-methyl/N-ethyl adjacent to an activating group) is 1. The molecule has 0 unspecified atom stereocenters. The van der Waals surface area contributed by atoms with Crippen LogP contribution in [0, 0.1) is 0 Å². The maximum Gasteiger partial charge on any atom is 0.257 e. The van der Waals surface area contributed by atoms with Crippen molar-refractivity contribution in [2.75, 3.05) is 26.9 Å². The number of halogens is 1. The van der Waals surface area contributed by atoms with Crippen LogP contribution in [0.1, 0.15) is 22.8 Å². The summed E-state index contributed by atoms with van der Waals surface area (Å²) in [7, 11) is 1.52. The van der Waals surface area contributed by atoms with Gasteiger partial charge in [-0.15, -0.1) is 0 Å². The summed E-state index contributed by atoms with van der Waals surface area (Å²) in [5.74, 6) is 1.24. The van der Waals surface area contributed by atoms with Gasteiger partial charge in [0.25, 0.3) is 5.91 Å². The van der Waals surface area contributed by atoms with Crippen molar-refractivity contribution < 1.29 is 23.8 Å². The van der Waals surface area contributed by atoms with Crippen molar-refractivity contribution in [3.8, 4) is 17.2 Å². The number of ether oxygens (including phenoxy) is 3. The molecule has 1 N–H and O–H groups in total. The number of rotatable bonds is 6. The Balaban J connectivity index is 1.80. The summed E-state index contributed by atoms with van der Waals surface area (Å²) in [5, 5.41) is 2.67. The topological polar surface area (TPSA) is 73.9 Å². The lowest BCUT2D eigenvalue weighted by Crippen LogP contribution is -2.28. The van der Waals surface area contributed by atoms with E-state index in [1.807, 2.05) is 13.0 Å². The Kier molecular flexibility index (Phi) is 6.36. The fourth-order valence-electron chi connectivity index (χ4n) is 2.79. The normalized spacial score (nSPS) is 14.2. The number of carbonyl (C=O) groups excluding carboxylic acids is 2. The van der Waals surface area contributed by atoms with E-state index < -0.39 is 0 Å². The monoisotopic (exact) mass is 445 g/mol. The number of benzene rings is 2. The molecule has 0 aliphatic carbocycles. The van der Waals surface area contributed by atoms with Gasteiger partial charge in [0.05, 0.1) is 12.7 Å². The van der Waals surface area contributed by atoms with E-state index in [2.05, 4.69) is 21.2 Å². The number of ketones is 1. The standard InChI is InChI=1S/C21H20BrNO5/c1-3-23-20(24)12-28-18-6-4-13(9-19(18)26-2)8-14-11-27-17-7-5-15(22)10-16(17)21(14)25/h4-10H,3,11-12H2,1-2H3,(H,23,24). The van der Waals surface area contributed by atoms with Crippen LogP contribution in [-0.2, 0) is 4.79 Å². The fraction of sp³-hybridized carbons (Fsp3) is 0.238. The van der Waals surface area contributed by atoms with Crippen LogP contribution >= 0.6 is 15.9 Å². The van der Waals surface area contributed by atoms with E-state index in [1.165, 1.54) is 7.11 Å². The summed E-state index contributed by atoms with van der Waals surface area (Å²) >= 11 is 3.38. The van der Waals surface area contributed by atoms with E-state index in [1.54, 1.807) is 36.4 Å². The van der Waals surface area contributed by atoms with Gasteiger partial charge in [0.2, 0.25) is 0 Å². The van der Waals surface area contributed by atoms with E-state index in [9.17, 15) is 9.59 Å². The molecule has 1 aliphatic rings. The van der Waals surface area contributed by atoms with Crippen LogP contribution in [0.5, 0.6) is 17.2 Å². The second-order valence-electron chi connectivity index (χ2n) is 6.08. The highest BCUT2D eigenvalue weighted by Crippen LogP contribution is 2.32. The zero-order valence-corrected chi connectivity index (χ0v) is 17.2. The third-order valence-corrected chi connectivity index (χ3v) is 4.62. The first-order chi connectivity index (χ1) is 13.5. The van der Waals surface area contributed by atoms with Gasteiger partial charge in [-0.25, -0.2) is 0 Å². The van der Waals surface area contributed by atoms with Crippen molar-refractivity contribution in [3.05, 3.63) is 57.6 Å². The SMILES string of the molecule is CCNC(=O)COc1ccc(C=C2COc3ccc(Br)cc3C2=O)cc1OC. The van der Waals surface area contributed by atoms with Gasteiger partial charge < -0.3 is 19.5 Å². The number of hydrogen-bond acceptors (Lipinski definition) is 5. The minimum Gasteiger partial charge on any atom is -0.493 e. The lowest BCUT2D eigenvalue weighted by molar-refractivity contribution is -0.123. The molecule has 0 saturated heterocycles. The summed E-state index contributed by atoms with van der Waals surface area (Å²) < 4.78 is 17.4. The number of nitrogens with one attached hydrogen (secondary N) is 1. The highest BCUT2D eigenvalue weighted by atomic mass is 79.9. The molecule has 0 bridgehead atoms. The van der Waals surface area contributed by atoms with Crippen molar-refractivity contribution in [1.29, 1.82) is 0 Å². The summed E-state index contributed by atoms with van der Waals surface area (Å²) in [4.78, 5) is 24.3. The van der Waals surface area contributed by atoms with Crippen LogP contribution in [0.3, 0.4) is 0 Å². The molecule has 28 heavy (non-hydrogen) atoms. The van der Waals surface area contributed by atoms with Gasteiger partial charge in [-0.1, -0.05) is 22.0 Å². The molecule has 7 heteroatoms. The first-order valence-corrected chi connectivity index (χ1v) is 9.56. The molecule has 6 nitrogen and oxygen atoms in total. The predicted octanol–water partition coefficient (Wildman–Crippen LogP) is 3.63. The van der Waals surface area contributed by atoms with Gasteiger partial charge in [-0.05, 0) is 48.9 Å². The van der Waals surface area contributed by atoms with Crippen molar-refractivity contribution in [3.63, 3.8) is 0 Å². The second kappa shape index (κ2) is 8.93. The number of fused-ring (bicyclic) bond motifs is 1. The van der Waals surface area contributed by atoms with Gasteiger partial charge in [0, 0.05) is 16.6 Å². The third kappa shape index (κ3) is 4.54. The fourth-order valence-corrected chi connectivity index (χ4v) is 3.15. The molecule has 146 valence electrons. The van der Waals surface area contributed by atoms with Gasteiger partial charge in [-0.3, -0.25) is 9.59 Å². The largest absolute Gasteiger partial charge is 0.493 e. The number of carbonyl (C=O) groups is 2. The highest BCUT2D eigenvalue weighted by molar-refractivity contribution is 9.10. The first-order valence-electron chi connectivity index (χ1n) is 8.77. The van der Waals surface area contributed by atoms with Gasteiger partial charge in [0.1, 0.15) is 12.4 Å². The van der Waals surface area contributed by atoms with Crippen LogP contribution in [0.25, 0.3) is 6.08 Å². The van der Waals surface area contributed by atoms with Gasteiger partial charge >= 0.3 is 0 Å². The molecule has 0 spiro atoms. The minimum absolute atomic E-state index is 0.0712. The van der Waals surface area contributed by atoms with Crippen molar-refractivity contribution in [2.24, 2.45) is 0 Å². The summed E-state index contributed by atoms with van der Waals surface area (Å²) in [5.41, 5.74) is 1.84. The summed E-state index contributed by atoms with van der Waals surface area (Å²) in [6, 6.07) is 10.6. The summed E-state index contributed by atoms with van der Waals surface area (Å²) in [6.45, 7) is 2.49. The van der Waals surface area contributed by atoms with E-state index >= 15 is 0 Å². The summed E-state index contributed by atoms with van der Waals surface area (Å²) in [6.07, 6.45) is 1.77. The zero-order chi connectivity index (χ0) is 20.1. The average molecular weight is 446 g/mol. The van der Waals surface area contributed by atoms with Crippen molar-refractivity contribution in [1.82, 2.24) is 5.32 Å². The molecule has 0 aromatic heterocycles. The van der Waals surface area contributed by atoms with Crippen LogP contribution in [0.15, 0.2) is 46.4 Å². The van der Waals surface area contributed by atoms with Crippen molar-refractivity contribution >= 4 is 33.7 Å². The van der Waals surface area contributed by atoms with Gasteiger partial charge in [0.15, 0.2) is 23.9 Å². The van der Waals surface area contributed by atoms with Crippen molar-refractivity contribution in [2.45, 2.75) is 6.92 Å². The maximum atomic E-state index is 12.8. The van der Waals surface area contributed by atoms with E-state index in [0.29, 0.717) is 34.9 Å². The lowest BCUT2D eigenvalue weighted by Gasteiger charge is -2.19. The van der Waals surface area contributed by atoms with E-state index in [4.69, 9.17) is 14.2 Å². The Morgan fingerprint density at radius 3 is 2.82 bits per heavy atom. The smallest absolute Gasteiger partial charge is 0.257 e. The Labute approximate surface area is 171 Å². The van der Waals surface area contributed by atoms with Crippen LogP contribution < -0.4 is 19.5 Å². The molecule has 0 radical (unpaired) electrons. The molecule has 1 heterocycles. The molecule has 0 saturated carbocycles. The zero-order valence-electron chi connectivity index (χ0n) is 15.6. The van der Waals surface area contributed by atoms with Crippen LogP contribution in [0.2, 0.25) is 0 Å². The minimum atomic E-state index is -0.203. The molecular formula is C21H20BrNO5. The predicted molar refractivity (Wildman–Crippen MR) is 109 cm³/mol.